The lowest BCUT2D eigenvalue weighted by molar-refractivity contribution is -0.130. The Kier molecular flexibility index (Phi) is 5.69. The van der Waals surface area contributed by atoms with Gasteiger partial charge in [0.25, 0.3) is 0 Å². The summed E-state index contributed by atoms with van der Waals surface area (Å²) in [5.41, 5.74) is 3.07. The van der Waals surface area contributed by atoms with Gasteiger partial charge in [-0.3, -0.25) is 4.79 Å². The zero-order chi connectivity index (χ0) is 22.4. The van der Waals surface area contributed by atoms with Crippen LogP contribution in [-0.4, -0.2) is 21.8 Å². The molecule has 0 bridgehead atoms. The number of H-pyrrole nitrogens is 1. The third kappa shape index (κ3) is 4.99. The molecule has 3 atom stereocenters. The number of nitrogens with zero attached hydrogens (tertiary/aromatic N) is 1. The number of nitrogens with one attached hydrogen (secondary N) is 2. The minimum Gasteiger partial charge on any atom is -0.345 e. The molecule has 1 aromatic heterocycles. The number of carbonyl (C=O) groups excluding carboxylic acids is 1. The molecule has 31 heavy (non-hydrogen) atoms. The van der Waals surface area contributed by atoms with E-state index in [1.54, 1.807) is 6.20 Å². The second-order valence-corrected chi connectivity index (χ2v) is 10.6. The fourth-order valence-corrected chi connectivity index (χ4v) is 4.58. The van der Waals surface area contributed by atoms with Crippen LogP contribution in [0.2, 0.25) is 0 Å². The van der Waals surface area contributed by atoms with Crippen LogP contribution in [0.5, 0.6) is 0 Å². The van der Waals surface area contributed by atoms with Gasteiger partial charge < -0.3 is 10.3 Å². The van der Waals surface area contributed by atoms with Crippen LogP contribution < -0.4 is 5.32 Å². The Morgan fingerprint density at radius 1 is 1.19 bits per heavy atom. The van der Waals surface area contributed by atoms with Crippen LogP contribution in [0, 0.1) is 17.3 Å². The minimum atomic E-state index is -2.64. The van der Waals surface area contributed by atoms with E-state index in [0.717, 1.165) is 17.2 Å². The van der Waals surface area contributed by atoms with Gasteiger partial charge >= 0.3 is 0 Å². The molecule has 0 radical (unpaired) electrons. The third-order valence-corrected chi connectivity index (χ3v) is 6.87. The highest BCUT2D eigenvalue weighted by atomic mass is 19.3. The van der Waals surface area contributed by atoms with Crippen molar-refractivity contribution < 1.29 is 13.6 Å². The molecule has 1 aromatic carbocycles. The first kappa shape index (κ1) is 22.0. The van der Waals surface area contributed by atoms with Crippen LogP contribution in [0.3, 0.4) is 0 Å². The van der Waals surface area contributed by atoms with Crippen molar-refractivity contribution >= 4 is 5.91 Å². The van der Waals surface area contributed by atoms with E-state index in [2.05, 4.69) is 46.5 Å². The Morgan fingerprint density at radius 2 is 1.81 bits per heavy atom. The van der Waals surface area contributed by atoms with E-state index in [0.29, 0.717) is 11.7 Å². The number of aromatic nitrogens is 2. The van der Waals surface area contributed by atoms with E-state index in [-0.39, 0.29) is 49.0 Å². The maximum atomic E-state index is 13.5. The quantitative estimate of drug-likeness (QED) is 0.592. The molecule has 0 aliphatic heterocycles. The highest BCUT2D eigenvalue weighted by molar-refractivity contribution is 5.79. The van der Waals surface area contributed by atoms with Crippen molar-refractivity contribution in [2.45, 2.75) is 77.7 Å². The number of benzene rings is 1. The second kappa shape index (κ2) is 8.03. The fourth-order valence-electron chi connectivity index (χ4n) is 4.58. The number of carbonyl (C=O) groups is 1. The molecule has 4 rings (SSSR count). The molecule has 2 N–H and O–H groups in total. The van der Waals surface area contributed by atoms with Crippen molar-refractivity contribution in [3.8, 4) is 11.3 Å². The van der Waals surface area contributed by atoms with Gasteiger partial charge in [0.1, 0.15) is 5.82 Å². The molecule has 0 spiro atoms. The highest BCUT2D eigenvalue weighted by Gasteiger charge is 2.39. The molecule has 1 amide bonds. The molecule has 2 fully saturated rings. The largest absolute Gasteiger partial charge is 0.345 e. The van der Waals surface area contributed by atoms with Crippen molar-refractivity contribution in [3.05, 3.63) is 41.9 Å². The van der Waals surface area contributed by atoms with Gasteiger partial charge in [-0.15, -0.1) is 0 Å². The van der Waals surface area contributed by atoms with Gasteiger partial charge in [-0.05, 0) is 47.6 Å². The molecule has 4 nitrogen and oxygen atoms in total. The molecule has 0 saturated heterocycles. The first-order chi connectivity index (χ1) is 14.5. The molecule has 2 aliphatic rings. The summed E-state index contributed by atoms with van der Waals surface area (Å²) in [4.78, 5) is 20.8. The summed E-state index contributed by atoms with van der Waals surface area (Å²) in [6.07, 6.45) is 3.09. The summed E-state index contributed by atoms with van der Waals surface area (Å²) in [5, 5.41) is 3.09. The molecule has 2 aliphatic carbocycles. The number of aromatic amines is 1. The topological polar surface area (TPSA) is 57.8 Å². The van der Waals surface area contributed by atoms with Crippen molar-refractivity contribution in [1.29, 1.82) is 0 Å². The molecule has 2 saturated carbocycles. The van der Waals surface area contributed by atoms with Crippen molar-refractivity contribution in [2.75, 3.05) is 0 Å². The van der Waals surface area contributed by atoms with E-state index in [4.69, 9.17) is 0 Å². The second-order valence-electron chi connectivity index (χ2n) is 10.6. The lowest BCUT2D eigenvalue weighted by atomic mass is 9.83. The SMILES string of the molecule is C[C@@H]1C[C@H]1c1ccc(-c2cnc([C@@H](NC(=O)C3CCC(F)(F)CC3)C(C)(C)C)[nH]2)cc1. The minimum absolute atomic E-state index is 0.156. The molecule has 6 heteroatoms. The highest BCUT2D eigenvalue weighted by Crippen LogP contribution is 2.47. The normalized spacial score (nSPS) is 24.6. The molecule has 0 unspecified atom stereocenters. The number of amides is 1. The Morgan fingerprint density at radius 3 is 2.35 bits per heavy atom. The third-order valence-electron chi connectivity index (χ3n) is 6.87. The van der Waals surface area contributed by atoms with Crippen LogP contribution in [0.25, 0.3) is 11.3 Å². The molecule has 168 valence electrons. The maximum absolute atomic E-state index is 13.5. The fraction of sp³-hybridized carbons (Fsp3) is 0.600. The summed E-state index contributed by atoms with van der Waals surface area (Å²) in [5.74, 6) is -1.00. The summed E-state index contributed by atoms with van der Waals surface area (Å²) in [6.45, 7) is 8.40. The predicted molar refractivity (Wildman–Crippen MR) is 118 cm³/mol. The van der Waals surface area contributed by atoms with Gasteiger partial charge in [0.05, 0.1) is 17.9 Å². The van der Waals surface area contributed by atoms with Crippen molar-refractivity contribution in [3.63, 3.8) is 0 Å². The predicted octanol–water partition coefficient (Wildman–Crippen LogP) is 6.23. The van der Waals surface area contributed by atoms with E-state index in [1.165, 1.54) is 12.0 Å². The van der Waals surface area contributed by atoms with Crippen LogP contribution in [0.1, 0.15) is 83.1 Å². The first-order valence-corrected chi connectivity index (χ1v) is 11.4. The van der Waals surface area contributed by atoms with Gasteiger partial charge in [-0.1, -0.05) is 52.0 Å². The molecular formula is C25H33F2N3O. The van der Waals surface area contributed by atoms with Gasteiger partial charge in [0.15, 0.2) is 0 Å². The summed E-state index contributed by atoms with van der Waals surface area (Å²) in [6, 6.07) is 8.27. The Bertz CT molecular complexity index is 919. The Hall–Kier alpha value is -2.24. The van der Waals surface area contributed by atoms with Crippen molar-refractivity contribution in [1.82, 2.24) is 15.3 Å². The van der Waals surface area contributed by atoms with E-state index in [9.17, 15) is 13.6 Å². The smallest absolute Gasteiger partial charge is 0.248 e. The number of rotatable bonds is 5. The van der Waals surface area contributed by atoms with E-state index >= 15 is 0 Å². The number of hydrogen-bond acceptors (Lipinski definition) is 2. The van der Waals surface area contributed by atoms with Crippen LogP contribution in [-0.2, 0) is 4.79 Å². The summed E-state index contributed by atoms with van der Waals surface area (Å²) >= 11 is 0. The van der Waals surface area contributed by atoms with Crippen LogP contribution in [0.4, 0.5) is 8.78 Å². The van der Waals surface area contributed by atoms with Crippen LogP contribution >= 0.6 is 0 Å². The zero-order valence-electron chi connectivity index (χ0n) is 18.8. The Balaban J connectivity index is 1.47. The van der Waals surface area contributed by atoms with Crippen LogP contribution in [0.15, 0.2) is 30.5 Å². The molecule has 2 aromatic rings. The number of imidazole rings is 1. The average Bonchev–Trinajstić information content (AvgIpc) is 3.23. The maximum Gasteiger partial charge on any atom is 0.248 e. The van der Waals surface area contributed by atoms with E-state index in [1.807, 2.05) is 20.8 Å². The number of hydrogen-bond donors (Lipinski definition) is 2. The van der Waals surface area contributed by atoms with Gasteiger partial charge in [0, 0.05) is 18.8 Å². The van der Waals surface area contributed by atoms with Gasteiger partial charge in [-0.2, -0.15) is 0 Å². The van der Waals surface area contributed by atoms with Crippen molar-refractivity contribution in [2.24, 2.45) is 17.3 Å². The standard InChI is InChI=1S/C25H33F2N3O/c1-15-13-19(15)16-5-7-17(8-6-16)20-14-28-22(29-20)21(24(2,3)4)30-23(31)18-9-11-25(26,27)12-10-18/h5-8,14-15,18-19,21H,9-13H2,1-4H3,(H,28,29)(H,30,31)/t15-,19-,21-/m1/s1. The average molecular weight is 430 g/mol. The van der Waals surface area contributed by atoms with Gasteiger partial charge in [-0.25, -0.2) is 13.8 Å². The number of alkyl halides is 2. The summed E-state index contributed by atoms with van der Waals surface area (Å²) < 4.78 is 26.9. The van der Waals surface area contributed by atoms with E-state index < -0.39 is 5.92 Å². The monoisotopic (exact) mass is 429 g/mol. The summed E-state index contributed by atoms with van der Waals surface area (Å²) in [7, 11) is 0. The lowest BCUT2D eigenvalue weighted by Gasteiger charge is -2.33. The molecule has 1 heterocycles. The zero-order valence-corrected chi connectivity index (χ0v) is 18.8. The Labute approximate surface area is 183 Å². The molecular weight excluding hydrogens is 396 g/mol. The first-order valence-electron chi connectivity index (χ1n) is 11.4. The number of halogens is 2. The lowest BCUT2D eigenvalue weighted by Crippen LogP contribution is -2.42. The van der Waals surface area contributed by atoms with Gasteiger partial charge in [0.2, 0.25) is 11.8 Å².